The van der Waals surface area contributed by atoms with Crippen molar-refractivity contribution >= 4 is 35.0 Å². The molecule has 0 aliphatic carbocycles. The van der Waals surface area contributed by atoms with Crippen LogP contribution in [0.5, 0.6) is 0 Å². The van der Waals surface area contributed by atoms with Gasteiger partial charge in [-0.05, 0) is 31.2 Å². The minimum absolute atomic E-state index is 0.272. The Labute approximate surface area is 98.3 Å². The maximum atomic E-state index is 11.2. The van der Waals surface area contributed by atoms with Gasteiger partial charge in [0.1, 0.15) is 6.10 Å². The first-order valence-corrected chi connectivity index (χ1v) is 5.32. The Morgan fingerprint density at radius 3 is 2.60 bits per heavy atom. The van der Waals surface area contributed by atoms with Gasteiger partial charge in [-0.15, -0.1) is 11.6 Å². The van der Waals surface area contributed by atoms with E-state index in [-0.39, 0.29) is 12.0 Å². The number of rotatable bonds is 3. The summed E-state index contributed by atoms with van der Waals surface area (Å²) in [5.41, 5.74) is 0.631. The van der Waals surface area contributed by atoms with E-state index in [0.29, 0.717) is 10.7 Å². The first-order chi connectivity index (χ1) is 7.11. The second kappa shape index (κ2) is 5.83. The van der Waals surface area contributed by atoms with Gasteiger partial charge in [0.2, 0.25) is 0 Å². The lowest BCUT2D eigenvalue weighted by atomic mass is 10.3. The molecule has 82 valence electrons. The van der Waals surface area contributed by atoms with Gasteiger partial charge in [-0.3, -0.25) is 5.32 Å². The van der Waals surface area contributed by atoms with Crippen molar-refractivity contribution in [1.82, 2.24) is 0 Å². The van der Waals surface area contributed by atoms with Gasteiger partial charge in [0.15, 0.2) is 0 Å². The quantitative estimate of drug-likeness (QED) is 0.831. The van der Waals surface area contributed by atoms with Crippen molar-refractivity contribution in [3.8, 4) is 0 Å². The zero-order valence-electron chi connectivity index (χ0n) is 8.17. The number of anilines is 1. The van der Waals surface area contributed by atoms with E-state index in [0.717, 1.165) is 0 Å². The Morgan fingerprint density at radius 1 is 1.47 bits per heavy atom. The molecule has 0 aliphatic heterocycles. The van der Waals surface area contributed by atoms with Crippen molar-refractivity contribution in [3.63, 3.8) is 0 Å². The molecule has 0 spiro atoms. The number of benzene rings is 1. The van der Waals surface area contributed by atoms with Crippen LogP contribution < -0.4 is 5.32 Å². The van der Waals surface area contributed by atoms with E-state index in [1.54, 1.807) is 31.2 Å². The zero-order valence-corrected chi connectivity index (χ0v) is 9.68. The van der Waals surface area contributed by atoms with Gasteiger partial charge in [-0.2, -0.15) is 0 Å². The molecule has 0 bridgehead atoms. The summed E-state index contributed by atoms with van der Waals surface area (Å²) >= 11 is 11.2. The standard InChI is InChI=1S/C10H11Cl2NO2/c1-7(6-11)15-10(14)13-9-4-2-8(12)3-5-9/h2-5,7H,6H2,1H3,(H,13,14)/t7-/m1/s1. The van der Waals surface area contributed by atoms with Crippen molar-refractivity contribution in [2.75, 3.05) is 11.2 Å². The van der Waals surface area contributed by atoms with Crippen molar-refractivity contribution in [3.05, 3.63) is 29.3 Å². The molecule has 0 heterocycles. The van der Waals surface area contributed by atoms with Crippen LogP contribution in [0.4, 0.5) is 10.5 Å². The SMILES string of the molecule is C[C@H](CCl)OC(=O)Nc1ccc(Cl)cc1. The summed E-state index contributed by atoms with van der Waals surface area (Å²) in [6.07, 6.45) is -0.829. The largest absolute Gasteiger partial charge is 0.445 e. The number of halogens is 2. The van der Waals surface area contributed by atoms with Gasteiger partial charge in [0.05, 0.1) is 5.88 Å². The second-order valence-corrected chi connectivity index (χ2v) is 3.75. The molecule has 0 aliphatic rings. The van der Waals surface area contributed by atoms with E-state index in [9.17, 15) is 4.79 Å². The van der Waals surface area contributed by atoms with E-state index in [2.05, 4.69) is 5.32 Å². The topological polar surface area (TPSA) is 38.3 Å². The predicted octanol–water partition coefficient (Wildman–Crippen LogP) is 3.52. The van der Waals surface area contributed by atoms with Crippen molar-refractivity contribution in [2.24, 2.45) is 0 Å². The minimum Gasteiger partial charge on any atom is -0.445 e. The van der Waals surface area contributed by atoms with Crippen LogP contribution in [0.3, 0.4) is 0 Å². The number of amides is 1. The number of ether oxygens (including phenoxy) is 1. The van der Waals surface area contributed by atoms with Crippen LogP contribution >= 0.6 is 23.2 Å². The molecule has 1 N–H and O–H groups in total. The molecule has 0 unspecified atom stereocenters. The summed E-state index contributed by atoms with van der Waals surface area (Å²) in [5, 5.41) is 3.17. The van der Waals surface area contributed by atoms with Crippen LogP contribution in [0, 0.1) is 0 Å². The zero-order chi connectivity index (χ0) is 11.3. The highest BCUT2D eigenvalue weighted by molar-refractivity contribution is 6.30. The summed E-state index contributed by atoms with van der Waals surface area (Å²) < 4.78 is 4.92. The minimum atomic E-state index is -0.523. The van der Waals surface area contributed by atoms with Crippen LogP contribution in [0.15, 0.2) is 24.3 Å². The maximum absolute atomic E-state index is 11.2. The maximum Gasteiger partial charge on any atom is 0.411 e. The van der Waals surface area contributed by atoms with E-state index in [1.807, 2.05) is 0 Å². The fourth-order valence-electron chi connectivity index (χ4n) is 0.895. The van der Waals surface area contributed by atoms with Gasteiger partial charge >= 0.3 is 6.09 Å². The van der Waals surface area contributed by atoms with Crippen molar-refractivity contribution in [1.29, 1.82) is 0 Å². The van der Waals surface area contributed by atoms with E-state index in [4.69, 9.17) is 27.9 Å². The lowest BCUT2D eigenvalue weighted by Gasteiger charge is -2.10. The van der Waals surface area contributed by atoms with E-state index >= 15 is 0 Å². The summed E-state index contributed by atoms with van der Waals surface area (Å²) in [5.74, 6) is 0.272. The van der Waals surface area contributed by atoms with Crippen molar-refractivity contribution < 1.29 is 9.53 Å². The summed E-state index contributed by atoms with van der Waals surface area (Å²) in [6, 6.07) is 6.74. The van der Waals surface area contributed by atoms with Crippen LogP contribution in [0.25, 0.3) is 0 Å². The monoisotopic (exact) mass is 247 g/mol. The third-order valence-electron chi connectivity index (χ3n) is 1.62. The third kappa shape index (κ3) is 4.40. The Morgan fingerprint density at radius 2 is 2.07 bits per heavy atom. The Hall–Kier alpha value is -0.930. The van der Waals surface area contributed by atoms with Gasteiger partial charge in [-0.1, -0.05) is 11.6 Å². The van der Waals surface area contributed by atoms with E-state index in [1.165, 1.54) is 0 Å². The van der Waals surface area contributed by atoms with Crippen LogP contribution in [0.2, 0.25) is 5.02 Å². The highest BCUT2D eigenvalue weighted by Crippen LogP contribution is 2.13. The average Bonchev–Trinajstić information content (AvgIpc) is 2.21. The first kappa shape index (κ1) is 12.1. The Balaban J connectivity index is 2.48. The molecule has 15 heavy (non-hydrogen) atoms. The highest BCUT2D eigenvalue weighted by Gasteiger charge is 2.07. The molecule has 5 heteroatoms. The number of alkyl halides is 1. The summed E-state index contributed by atoms with van der Waals surface area (Å²) in [6.45, 7) is 1.72. The molecule has 1 amide bonds. The third-order valence-corrected chi connectivity index (χ3v) is 2.30. The molecule has 0 aromatic heterocycles. The molecule has 0 fully saturated rings. The molecule has 1 aromatic rings. The van der Waals surface area contributed by atoms with Gasteiger partial charge in [0.25, 0.3) is 0 Å². The molecule has 0 radical (unpaired) electrons. The first-order valence-electron chi connectivity index (χ1n) is 4.41. The molecule has 1 rings (SSSR count). The van der Waals surface area contributed by atoms with E-state index < -0.39 is 6.09 Å². The molecule has 1 atom stereocenters. The normalized spacial score (nSPS) is 11.9. The fourth-order valence-corrected chi connectivity index (χ4v) is 1.08. The average molecular weight is 248 g/mol. The lowest BCUT2D eigenvalue weighted by molar-refractivity contribution is 0.131. The number of hydrogen-bond acceptors (Lipinski definition) is 2. The number of nitrogens with one attached hydrogen (secondary N) is 1. The molecule has 1 aromatic carbocycles. The number of carbonyl (C=O) groups is 1. The molecule has 0 saturated carbocycles. The fraction of sp³-hybridized carbons (Fsp3) is 0.300. The Bertz CT molecular complexity index is 327. The van der Waals surface area contributed by atoms with Gasteiger partial charge in [-0.25, -0.2) is 4.79 Å². The number of hydrogen-bond donors (Lipinski definition) is 1. The highest BCUT2D eigenvalue weighted by atomic mass is 35.5. The lowest BCUT2D eigenvalue weighted by Crippen LogP contribution is -2.21. The molecule has 3 nitrogen and oxygen atoms in total. The smallest absolute Gasteiger partial charge is 0.411 e. The molecular weight excluding hydrogens is 237 g/mol. The van der Waals surface area contributed by atoms with Gasteiger partial charge < -0.3 is 4.74 Å². The van der Waals surface area contributed by atoms with Crippen LogP contribution in [-0.2, 0) is 4.74 Å². The summed E-state index contributed by atoms with van der Waals surface area (Å²) in [7, 11) is 0. The van der Waals surface area contributed by atoms with Crippen molar-refractivity contribution in [2.45, 2.75) is 13.0 Å². The molecular formula is C10H11Cl2NO2. The van der Waals surface area contributed by atoms with Gasteiger partial charge in [0, 0.05) is 10.7 Å². The van der Waals surface area contributed by atoms with Crippen LogP contribution in [0.1, 0.15) is 6.92 Å². The number of carbonyl (C=O) groups excluding carboxylic acids is 1. The molecule has 0 saturated heterocycles. The second-order valence-electron chi connectivity index (χ2n) is 3.00. The van der Waals surface area contributed by atoms with Crippen LogP contribution in [-0.4, -0.2) is 18.1 Å². The predicted molar refractivity (Wildman–Crippen MR) is 61.7 cm³/mol. The Kier molecular flexibility index (Phi) is 4.72. The summed E-state index contributed by atoms with van der Waals surface area (Å²) in [4.78, 5) is 11.2.